The second-order valence-corrected chi connectivity index (χ2v) is 9.37. The number of carbonyl (C=O) groups is 1. The standard InChI is InChI=1S/C18H28N2O4S/c1-14-7-9-15(10-8-14)13-25(22,23)19-12-16-6-5-11-20(16)17(21)24-18(2,3)4/h7-10,16,19H,5-6,11-13H2,1-4H3/t16-/m1/s1. The third-order valence-corrected chi connectivity index (χ3v) is 5.34. The molecule has 1 amide bonds. The summed E-state index contributed by atoms with van der Waals surface area (Å²) in [6.07, 6.45) is 1.24. The monoisotopic (exact) mass is 368 g/mol. The van der Waals surface area contributed by atoms with Gasteiger partial charge < -0.3 is 9.64 Å². The molecule has 1 aromatic carbocycles. The Balaban J connectivity index is 1.92. The number of sulfonamides is 1. The van der Waals surface area contributed by atoms with E-state index in [0.29, 0.717) is 6.54 Å². The Bertz CT molecular complexity index is 693. The summed E-state index contributed by atoms with van der Waals surface area (Å²) in [7, 11) is -3.45. The van der Waals surface area contributed by atoms with Crippen molar-refractivity contribution in [3.63, 3.8) is 0 Å². The molecule has 1 aliphatic heterocycles. The van der Waals surface area contributed by atoms with Crippen LogP contribution in [0.5, 0.6) is 0 Å². The number of aryl methyl sites for hydroxylation is 1. The highest BCUT2D eigenvalue weighted by molar-refractivity contribution is 7.88. The largest absolute Gasteiger partial charge is 0.444 e. The summed E-state index contributed by atoms with van der Waals surface area (Å²) in [6, 6.07) is 7.26. The Morgan fingerprint density at radius 2 is 1.92 bits per heavy atom. The van der Waals surface area contributed by atoms with Crippen LogP contribution in [-0.4, -0.2) is 44.1 Å². The van der Waals surface area contributed by atoms with Gasteiger partial charge in [-0.15, -0.1) is 0 Å². The van der Waals surface area contributed by atoms with Crippen LogP contribution < -0.4 is 4.72 Å². The van der Waals surface area contributed by atoms with Gasteiger partial charge >= 0.3 is 6.09 Å². The Hall–Kier alpha value is -1.60. The quantitative estimate of drug-likeness (QED) is 0.867. The molecule has 0 saturated carbocycles. The highest BCUT2D eigenvalue weighted by Gasteiger charge is 2.32. The lowest BCUT2D eigenvalue weighted by Gasteiger charge is -2.28. The molecule has 0 radical (unpaired) electrons. The van der Waals surface area contributed by atoms with Crippen LogP contribution in [0.15, 0.2) is 24.3 Å². The summed E-state index contributed by atoms with van der Waals surface area (Å²) in [4.78, 5) is 13.9. The predicted octanol–water partition coefficient (Wildman–Crippen LogP) is 2.81. The highest BCUT2D eigenvalue weighted by Crippen LogP contribution is 2.20. The summed E-state index contributed by atoms with van der Waals surface area (Å²) in [6.45, 7) is 8.23. The van der Waals surface area contributed by atoms with Crippen molar-refractivity contribution in [2.45, 2.75) is 57.9 Å². The van der Waals surface area contributed by atoms with Gasteiger partial charge in [-0.05, 0) is 46.1 Å². The van der Waals surface area contributed by atoms with Crippen LogP contribution in [0.3, 0.4) is 0 Å². The molecule has 1 aliphatic rings. The zero-order chi connectivity index (χ0) is 18.7. The predicted molar refractivity (Wildman–Crippen MR) is 97.8 cm³/mol. The minimum atomic E-state index is -3.45. The molecule has 1 saturated heterocycles. The lowest BCUT2D eigenvalue weighted by atomic mass is 10.2. The number of likely N-dealkylation sites (tertiary alicyclic amines) is 1. The molecule has 0 unspecified atom stereocenters. The molecule has 1 heterocycles. The van der Waals surface area contributed by atoms with Crippen molar-refractivity contribution in [3.8, 4) is 0 Å². The first-order valence-corrected chi connectivity index (χ1v) is 10.2. The van der Waals surface area contributed by atoms with E-state index in [-0.39, 0.29) is 24.4 Å². The van der Waals surface area contributed by atoms with E-state index < -0.39 is 15.6 Å². The van der Waals surface area contributed by atoms with Crippen LogP contribution in [0.1, 0.15) is 44.7 Å². The maximum atomic E-state index is 12.3. The molecular formula is C18H28N2O4S. The Morgan fingerprint density at radius 3 is 2.52 bits per heavy atom. The second kappa shape index (κ2) is 7.74. The first-order chi connectivity index (χ1) is 11.6. The molecule has 6 nitrogen and oxygen atoms in total. The van der Waals surface area contributed by atoms with Crippen molar-refractivity contribution in [2.75, 3.05) is 13.1 Å². The smallest absolute Gasteiger partial charge is 0.410 e. The topological polar surface area (TPSA) is 75.7 Å². The molecule has 1 N–H and O–H groups in total. The molecule has 2 rings (SSSR count). The first kappa shape index (κ1) is 19.7. The van der Waals surface area contributed by atoms with Crippen molar-refractivity contribution in [1.29, 1.82) is 0 Å². The van der Waals surface area contributed by atoms with Gasteiger partial charge in [-0.3, -0.25) is 0 Å². The van der Waals surface area contributed by atoms with Gasteiger partial charge in [0.05, 0.1) is 5.75 Å². The van der Waals surface area contributed by atoms with Gasteiger partial charge in [-0.1, -0.05) is 29.8 Å². The molecule has 25 heavy (non-hydrogen) atoms. The molecular weight excluding hydrogens is 340 g/mol. The number of nitrogens with zero attached hydrogens (tertiary/aromatic N) is 1. The van der Waals surface area contributed by atoms with E-state index in [9.17, 15) is 13.2 Å². The van der Waals surface area contributed by atoms with Crippen molar-refractivity contribution < 1.29 is 17.9 Å². The Labute approximate surface area is 150 Å². The number of hydrogen-bond acceptors (Lipinski definition) is 4. The number of nitrogens with one attached hydrogen (secondary N) is 1. The van der Waals surface area contributed by atoms with Gasteiger partial charge in [0.1, 0.15) is 5.60 Å². The molecule has 0 aliphatic carbocycles. The van der Waals surface area contributed by atoms with Crippen molar-refractivity contribution in [3.05, 3.63) is 35.4 Å². The SMILES string of the molecule is Cc1ccc(CS(=O)(=O)NC[C@H]2CCCN2C(=O)OC(C)(C)C)cc1. The lowest BCUT2D eigenvalue weighted by Crippen LogP contribution is -2.45. The molecule has 7 heteroatoms. The van der Waals surface area contributed by atoms with Crippen LogP contribution in [-0.2, 0) is 20.5 Å². The third kappa shape index (κ3) is 6.32. The normalized spacial score (nSPS) is 18.4. The second-order valence-electron chi connectivity index (χ2n) is 7.56. The summed E-state index contributed by atoms with van der Waals surface area (Å²) >= 11 is 0. The average Bonchev–Trinajstić information content (AvgIpc) is 2.94. The van der Waals surface area contributed by atoms with Crippen molar-refractivity contribution in [1.82, 2.24) is 9.62 Å². The van der Waals surface area contributed by atoms with Gasteiger partial charge in [0.2, 0.25) is 10.0 Å². The maximum absolute atomic E-state index is 12.3. The van der Waals surface area contributed by atoms with Crippen LogP contribution in [0.25, 0.3) is 0 Å². The summed E-state index contributed by atoms with van der Waals surface area (Å²) in [5.74, 6) is -0.0631. The average molecular weight is 368 g/mol. The van der Waals surface area contributed by atoms with Crippen LogP contribution in [0.4, 0.5) is 4.79 Å². The van der Waals surface area contributed by atoms with E-state index in [1.807, 2.05) is 52.0 Å². The van der Waals surface area contributed by atoms with Crippen LogP contribution in [0, 0.1) is 6.92 Å². The van der Waals surface area contributed by atoms with Crippen LogP contribution >= 0.6 is 0 Å². The molecule has 0 bridgehead atoms. The molecule has 140 valence electrons. The number of ether oxygens (including phenoxy) is 1. The minimum Gasteiger partial charge on any atom is -0.444 e. The maximum Gasteiger partial charge on any atom is 0.410 e. The summed E-state index contributed by atoms with van der Waals surface area (Å²) < 4.78 is 32.6. The summed E-state index contributed by atoms with van der Waals surface area (Å²) in [5.41, 5.74) is 1.27. The number of hydrogen-bond donors (Lipinski definition) is 1. The van der Waals surface area contributed by atoms with Gasteiger partial charge in [-0.2, -0.15) is 0 Å². The fraction of sp³-hybridized carbons (Fsp3) is 0.611. The molecule has 1 aromatic rings. The molecule has 1 fully saturated rings. The van der Waals surface area contributed by atoms with E-state index in [4.69, 9.17) is 4.74 Å². The number of benzene rings is 1. The van der Waals surface area contributed by atoms with Crippen LogP contribution in [0.2, 0.25) is 0 Å². The van der Waals surface area contributed by atoms with Gasteiger partial charge in [-0.25, -0.2) is 17.9 Å². The minimum absolute atomic E-state index is 0.0631. The fourth-order valence-electron chi connectivity index (χ4n) is 2.79. The van der Waals surface area contributed by atoms with E-state index >= 15 is 0 Å². The van der Waals surface area contributed by atoms with E-state index in [0.717, 1.165) is 24.0 Å². The Morgan fingerprint density at radius 1 is 1.28 bits per heavy atom. The molecule has 1 atom stereocenters. The van der Waals surface area contributed by atoms with E-state index in [1.54, 1.807) is 4.90 Å². The fourth-order valence-corrected chi connectivity index (χ4v) is 3.97. The molecule has 0 spiro atoms. The number of carbonyl (C=O) groups excluding carboxylic acids is 1. The third-order valence-electron chi connectivity index (χ3n) is 4.02. The zero-order valence-corrected chi connectivity index (χ0v) is 16.2. The summed E-state index contributed by atoms with van der Waals surface area (Å²) in [5, 5.41) is 0. The van der Waals surface area contributed by atoms with Crippen molar-refractivity contribution in [2.24, 2.45) is 0 Å². The van der Waals surface area contributed by atoms with E-state index in [1.165, 1.54) is 0 Å². The zero-order valence-electron chi connectivity index (χ0n) is 15.4. The Kier molecular flexibility index (Phi) is 6.11. The van der Waals surface area contributed by atoms with Gasteiger partial charge in [0.15, 0.2) is 0 Å². The van der Waals surface area contributed by atoms with Gasteiger partial charge in [0, 0.05) is 19.1 Å². The number of rotatable bonds is 5. The van der Waals surface area contributed by atoms with Gasteiger partial charge in [0.25, 0.3) is 0 Å². The van der Waals surface area contributed by atoms with E-state index in [2.05, 4.69) is 4.72 Å². The number of amides is 1. The highest BCUT2D eigenvalue weighted by atomic mass is 32.2. The first-order valence-electron chi connectivity index (χ1n) is 8.58. The lowest BCUT2D eigenvalue weighted by molar-refractivity contribution is 0.0229. The molecule has 0 aromatic heterocycles. The van der Waals surface area contributed by atoms with Crippen molar-refractivity contribution >= 4 is 16.1 Å².